The van der Waals surface area contributed by atoms with Gasteiger partial charge in [0.15, 0.2) is 0 Å². The number of furan rings is 1. The second-order valence-electron chi connectivity index (χ2n) is 2.90. The molecule has 0 atom stereocenters. The first kappa shape index (κ1) is 9.88. The SMILES string of the molecule is C#CCCN(CC)Cc1ccco1. The van der Waals surface area contributed by atoms with Crippen LogP contribution in [-0.4, -0.2) is 18.0 Å². The zero-order valence-electron chi connectivity index (χ0n) is 7.99. The Bertz CT molecular complexity index is 258. The molecule has 0 aliphatic carbocycles. The molecule has 1 aromatic rings. The molecule has 0 aromatic carbocycles. The molecule has 70 valence electrons. The number of hydrogen-bond donors (Lipinski definition) is 0. The van der Waals surface area contributed by atoms with Gasteiger partial charge in [0.25, 0.3) is 0 Å². The van der Waals surface area contributed by atoms with E-state index in [1.807, 2.05) is 12.1 Å². The molecule has 0 saturated heterocycles. The molecule has 1 heterocycles. The lowest BCUT2D eigenvalue weighted by molar-refractivity contribution is 0.262. The van der Waals surface area contributed by atoms with Gasteiger partial charge in [0.05, 0.1) is 12.8 Å². The zero-order valence-corrected chi connectivity index (χ0v) is 7.99. The molecule has 0 fully saturated rings. The van der Waals surface area contributed by atoms with E-state index < -0.39 is 0 Å². The van der Waals surface area contributed by atoms with Crippen molar-refractivity contribution in [3.05, 3.63) is 24.2 Å². The maximum Gasteiger partial charge on any atom is 0.117 e. The van der Waals surface area contributed by atoms with Crippen LogP contribution in [0.4, 0.5) is 0 Å². The summed E-state index contributed by atoms with van der Waals surface area (Å²) in [6.07, 6.45) is 7.70. The highest BCUT2D eigenvalue weighted by molar-refractivity contribution is 4.98. The molecule has 0 bridgehead atoms. The normalized spacial score (nSPS) is 10.2. The van der Waals surface area contributed by atoms with E-state index in [0.717, 1.165) is 31.8 Å². The van der Waals surface area contributed by atoms with Crippen LogP contribution in [0, 0.1) is 12.3 Å². The van der Waals surface area contributed by atoms with Crippen LogP contribution >= 0.6 is 0 Å². The summed E-state index contributed by atoms with van der Waals surface area (Å²) in [4.78, 5) is 2.26. The fourth-order valence-electron chi connectivity index (χ4n) is 1.19. The van der Waals surface area contributed by atoms with E-state index in [-0.39, 0.29) is 0 Å². The summed E-state index contributed by atoms with van der Waals surface area (Å²) in [6.45, 7) is 4.92. The first-order valence-electron chi connectivity index (χ1n) is 4.55. The van der Waals surface area contributed by atoms with Gasteiger partial charge in [-0.05, 0) is 18.7 Å². The van der Waals surface area contributed by atoms with Crippen molar-refractivity contribution < 1.29 is 4.42 Å². The number of rotatable bonds is 5. The first-order chi connectivity index (χ1) is 6.36. The third-order valence-electron chi connectivity index (χ3n) is 1.98. The van der Waals surface area contributed by atoms with Gasteiger partial charge in [-0.2, -0.15) is 0 Å². The van der Waals surface area contributed by atoms with E-state index in [1.54, 1.807) is 6.26 Å². The van der Waals surface area contributed by atoms with Crippen molar-refractivity contribution in [2.75, 3.05) is 13.1 Å². The van der Waals surface area contributed by atoms with E-state index in [0.29, 0.717) is 0 Å². The second-order valence-corrected chi connectivity index (χ2v) is 2.90. The van der Waals surface area contributed by atoms with Gasteiger partial charge in [0.1, 0.15) is 5.76 Å². The molecule has 0 amide bonds. The summed E-state index contributed by atoms with van der Waals surface area (Å²) in [5, 5.41) is 0. The summed E-state index contributed by atoms with van der Waals surface area (Å²) in [6, 6.07) is 3.89. The van der Waals surface area contributed by atoms with Gasteiger partial charge in [0, 0.05) is 13.0 Å². The molecule has 0 aliphatic rings. The van der Waals surface area contributed by atoms with Gasteiger partial charge < -0.3 is 4.42 Å². The third kappa shape index (κ3) is 3.35. The van der Waals surface area contributed by atoms with E-state index in [9.17, 15) is 0 Å². The van der Waals surface area contributed by atoms with Crippen LogP contribution in [0.3, 0.4) is 0 Å². The van der Waals surface area contributed by atoms with Crippen LogP contribution in [0.1, 0.15) is 19.1 Å². The van der Waals surface area contributed by atoms with Gasteiger partial charge in [-0.25, -0.2) is 0 Å². The monoisotopic (exact) mass is 177 g/mol. The Balaban J connectivity index is 2.36. The van der Waals surface area contributed by atoms with Crippen LogP contribution in [0.25, 0.3) is 0 Å². The van der Waals surface area contributed by atoms with Crippen molar-refractivity contribution in [1.29, 1.82) is 0 Å². The lowest BCUT2D eigenvalue weighted by Crippen LogP contribution is -2.23. The van der Waals surface area contributed by atoms with Crippen molar-refractivity contribution in [3.63, 3.8) is 0 Å². The average Bonchev–Trinajstić information content (AvgIpc) is 2.64. The van der Waals surface area contributed by atoms with Gasteiger partial charge in [-0.15, -0.1) is 12.3 Å². The number of hydrogen-bond acceptors (Lipinski definition) is 2. The average molecular weight is 177 g/mol. The maximum atomic E-state index is 5.25. The Kier molecular flexibility index (Phi) is 4.14. The topological polar surface area (TPSA) is 16.4 Å². The molecule has 2 nitrogen and oxygen atoms in total. The molecule has 1 aromatic heterocycles. The number of nitrogens with zero attached hydrogens (tertiary/aromatic N) is 1. The molecule has 0 radical (unpaired) electrons. The Morgan fingerprint density at radius 2 is 2.46 bits per heavy atom. The summed E-state index contributed by atoms with van der Waals surface area (Å²) in [7, 11) is 0. The van der Waals surface area contributed by atoms with Crippen molar-refractivity contribution in [3.8, 4) is 12.3 Å². The molecular weight excluding hydrogens is 162 g/mol. The largest absolute Gasteiger partial charge is 0.468 e. The summed E-state index contributed by atoms with van der Waals surface area (Å²) >= 11 is 0. The van der Waals surface area contributed by atoms with E-state index in [1.165, 1.54) is 0 Å². The Hall–Kier alpha value is -1.20. The predicted octanol–water partition coefficient (Wildman–Crippen LogP) is 2.12. The lowest BCUT2D eigenvalue weighted by Gasteiger charge is -2.17. The highest BCUT2D eigenvalue weighted by Crippen LogP contribution is 2.05. The standard InChI is InChI=1S/C11H15NO/c1-3-5-8-12(4-2)10-11-7-6-9-13-11/h1,6-7,9H,4-5,8,10H2,2H3. The lowest BCUT2D eigenvalue weighted by atomic mass is 10.3. The van der Waals surface area contributed by atoms with Crippen LogP contribution in [-0.2, 0) is 6.54 Å². The van der Waals surface area contributed by atoms with Crippen molar-refractivity contribution >= 4 is 0 Å². The van der Waals surface area contributed by atoms with Crippen LogP contribution < -0.4 is 0 Å². The molecule has 0 saturated carbocycles. The van der Waals surface area contributed by atoms with Gasteiger partial charge in [0.2, 0.25) is 0 Å². The fourth-order valence-corrected chi connectivity index (χ4v) is 1.19. The molecular formula is C11H15NO. The maximum absolute atomic E-state index is 5.25. The van der Waals surface area contributed by atoms with Crippen LogP contribution in [0.15, 0.2) is 22.8 Å². The van der Waals surface area contributed by atoms with Crippen molar-refractivity contribution in [2.45, 2.75) is 19.9 Å². The summed E-state index contributed by atoms with van der Waals surface area (Å²) in [5.41, 5.74) is 0. The number of terminal acetylenes is 1. The molecule has 2 heteroatoms. The first-order valence-corrected chi connectivity index (χ1v) is 4.55. The van der Waals surface area contributed by atoms with E-state index in [2.05, 4.69) is 17.7 Å². The summed E-state index contributed by atoms with van der Waals surface area (Å²) in [5.74, 6) is 3.64. The van der Waals surface area contributed by atoms with Crippen LogP contribution in [0.2, 0.25) is 0 Å². The highest BCUT2D eigenvalue weighted by atomic mass is 16.3. The molecule has 0 aliphatic heterocycles. The molecule has 1 rings (SSSR count). The Labute approximate surface area is 79.5 Å². The Morgan fingerprint density at radius 1 is 1.62 bits per heavy atom. The minimum absolute atomic E-state index is 0.800. The fraction of sp³-hybridized carbons (Fsp3) is 0.455. The molecule has 13 heavy (non-hydrogen) atoms. The minimum Gasteiger partial charge on any atom is -0.468 e. The molecule has 0 unspecified atom stereocenters. The van der Waals surface area contributed by atoms with Crippen LogP contribution in [0.5, 0.6) is 0 Å². The van der Waals surface area contributed by atoms with E-state index >= 15 is 0 Å². The highest BCUT2D eigenvalue weighted by Gasteiger charge is 2.03. The van der Waals surface area contributed by atoms with Crippen molar-refractivity contribution in [1.82, 2.24) is 4.90 Å². The molecule has 0 spiro atoms. The molecule has 0 N–H and O–H groups in total. The van der Waals surface area contributed by atoms with E-state index in [4.69, 9.17) is 10.8 Å². The van der Waals surface area contributed by atoms with Gasteiger partial charge in [-0.3, -0.25) is 4.90 Å². The quantitative estimate of drug-likeness (QED) is 0.640. The second kappa shape index (κ2) is 5.45. The summed E-state index contributed by atoms with van der Waals surface area (Å²) < 4.78 is 5.25. The smallest absolute Gasteiger partial charge is 0.117 e. The van der Waals surface area contributed by atoms with Crippen molar-refractivity contribution in [2.24, 2.45) is 0 Å². The predicted molar refractivity (Wildman–Crippen MR) is 53.1 cm³/mol. The van der Waals surface area contributed by atoms with Gasteiger partial charge >= 0.3 is 0 Å². The van der Waals surface area contributed by atoms with Gasteiger partial charge in [-0.1, -0.05) is 6.92 Å². The Morgan fingerprint density at radius 3 is 3.00 bits per heavy atom. The zero-order chi connectivity index (χ0) is 9.52. The third-order valence-corrected chi connectivity index (χ3v) is 1.98. The minimum atomic E-state index is 0.800.